The molecule has 9 heteroatoms. The van der Waals surface area contributed by atoms with Crippen LogP contribution in [0.2, 0.25) is 0 Å². The maximum atomic E-state index is 12.6. The van der Waals surface area contributed by atoms with E-state index >= 15 is 0 Å². The number of anilines is 1. The maximum absolute atomic E-state index is 12.6. The fourth-order valence-corrected chi connectivity index (χ4v) is 4.66. The summed E-state index contributed by atoms with van der Waals surface area (Å²) in [4.78, 5) is 25.9. The number of hydrogen-bond donors (Lipinski definition) is 3. The molecule has 0 saturated carbocycles. The van der Waals surface area contributed by atoms with Crippen molar-refractivity contribution in [3.8, 4) is 0 Å². The van der Waals surface area contributed by atoms with Gasteiger partial charge in [-0.1, -0.05) is 18.2 Å². The van der Waals surface area contributed by atoms with E-state index in [1.807, 2.05) is 35.2 Å². The number of carbonyl (C=O) groups is 2. The molecule has 3 N–H and O–H groups in total. The number of piperidine rings is 1. The van der Waals surface area contributed by atoms with Gasteiger partial charge in [0.15, 0.2) is 0 Å². The molecular formula is C21H26N4O4S. The molecule has 8 nitrogen and oxygen atoms in total. The van der Waals surface area contributed by atoms with Gasteiger partial charge >= 0.3 is 0 Å². The highest BCUT2D eigenvalue weighted by atomic mass is 32.2. The van der Waals surface area contributed by atoms with Crippen molar-refractivity contribution in [1.29, 1.82) is 0 Å². The molecule has 3 rings (SSSR count). The summed E-state index contributed by atoms with van der Waals surface area (Å²) in [5.41, 5.74) is 1.16. The second-order valence-electron chi connectivity index (χ2n) is 7.19. The zero-order valence-electron chi connectivity index (χ0n) is 16.8. The molecule has 1 aliphatic heterocycles. The van der Waals surface area contributed by atoms with Gasteiger partial charge in [0, 0.05) is 37.4 Å². The Labute approximate surface area is 176 Å². The third kappa shape index (κ3) is 5.88. The zero-order valence-corrected chi connectivity index (χ0v) is 17.6. The molecule has 2 amide bonds. The molecule has 30 heavy (non-hydrogen) atoms. The van der Waals surface area contributed by atoms with Crippen molar-refractivity contribution in [3.05, 3.63) is 60.2 Å². The van der Waals surface area contributed by atoms with Crippen molar-refractivity contribution in [2.45, 2.75) is 23.8 Å². The summed E-state index contributed by atoms with van der Waals surface area (Å²) in [6.45, 7) is 1.53. The van der Waals surface area contributed by atoms with Crippen LogP contribution in [0.5, 0.6) is 0 Å². The highest BCUT2D eigenvalue weighted by Gasteiger charge is 2.25. The smallest absolute Gasteiger partial charge is 0.251 e. The van der Waals surface area contributed by atoms with Crippen molar-refractivity contribution in [2.24, 2.45) is 0 Å². The molecule has 1 fully saturated rings. The van der Waals surface area contributed by atoms with Gasteiger partial charge in [0.2, 0.25) is 15.9 Å². The Balaban J connectivity index is 1.49. The predicted molar refractivity (Wildman–Crippen MR) is 115 cm³/mol. The molecule has 160 valence electrons. The molecule has 1 heterocycles. The summed E-state index contributed by atoms with van der Waals surface area (Å²) >= 11 is 0. The Morgan fingerprint density at radius 3 is 2.23 bits per heavy atom. The third-order valence-corrected chi connectivity index (χ3v) is 6.52. The van der Waals surface area contributed by atoms with Gasteiger partial charge in [-0.2, -0.15) is 0 Å². The Kier molecular flexibility index (Phi) is 7.20. The predicted octanol–water partition coefficient (Wildman–Crippen LogP) is 1.43. The highest BCUT2D eigenvalue weighted by Crippen LogP contribution is 2.16. The van der Waals surface area contributed by atoms with Crippen LogP contribution in [0.15, 0.2) is 59.5 Å². The van der Waals surface area contributed by atoms with E-state index in [1.165, 1.54) is 31.3 Å². The first-order chi connectivity index (χ1) is 14.4. The maximum Gasteiger partial charge on any atom is 0.251 e. The van der Waals surface area contributed by atoms with Gasteiger partial charge in [-0.25, -0.2) is 13.1 Å². The molecule has 2 aromatic rings. The second kappa shape index (κ2) is 9.84. The Morgan fingerprint density at radius 2 is 1.63 bits per heavy atom. The summed E-state index contributed by atoms with van der Waals surface area (Å²) < 4.78 is 28.0. The van der Waals surface area contributed by atoms with Crippen LogP contribution in [0.3, 0.4) is 0 Å². The largest absolute Gasteiger partial charge is 0.355 e. The fourth-order valence-electron chi connectivity index (χ4n) is 3.35. The van der Waals surface area contributed by atoms with E-state index in [0.29, 0.717) is 31.5 Å². The summed E-state index contributed by atoms with van der Waals surface area (Å²) in [5, 5.41) is 5.36. The van der Waals surface area contributed by atoms with Crippen LogP contribution in [0.1, 0.15) is 23.2 Å². The van der Waals surface area contributed by atoms with E-state index in [9.17, 15) is 18.0 Å². The van der Waals surface area contributed by atoms with E-state index in [4.69, 9.17) is 0 Å². The third-order valence-electron chi connectivity index (χ3n) is 4.99. The lowest BCUT2D eigenvalue weighted by Gasteiger charge is -2.31. The number of likely N-dealkylation sites (tertiary alicyclic amines) is 1. The average Bonchev–Trinajstić information content (AvgIpc) is 2.75. The molecule has 0 spiro atoms. The van der Waals surface area contributed by atoms with Crippen molar-refractivity contribution in [1.82, 2.24) is 14.9 Å². The molecule has 1 saturated heterocycles. The Morgan fingerprint density at radius 1 is 1.00 bits per heavy atom. The minimum absolute atomic E-state index is 0.0866. The highest BCUT2D eigenvalue weighted by molar-refractivity contribution is 7.89. The summed E-state index contributed by atoms with van der Waals surface area (Å²) in [6, 6.07) is 14.9. The van der Waals surface area contributed by atoms with Gasteiger partial charge < -0.3 is 10.6 Å². The number of amides is 2. The van der Waals surface area contributed by atoms with Crippen molar-refractivity contribution >= 4 is 27.5 Å². The van der Waals surface area contributed by atoms with E-state index < -0.39 is 10.0 Å². The van der Waals surface area contributed by atoms with Crippen LogP contribution in [0.25, 0.3) is 0 Å². The van der Waals surface area contributed by atoms with Crippen LogP contribution < -0.4 is 15.4 Å². The molecule has 0 aromatic heterocycles. The molecule has 2 aromatic carbocycles. The van der Waals surface area contributed by atoms with Crippen molar-refractivity contribution in [3.63, 3.8) is 0 Å². The topological polar surface area (TPSA) is 108 Å². The van der Waals surface area contributed by atoms with Gasteiger partial charge in [0.25, 0.3) is 5.91 Å². The quantitative estimate of drug-likeness (QED) is 0.616. The van der Waals surface area contributed by atoms with Gasteiger partial charge in [-0.05, 0) is 49.2 Å². The van der Waals surface area contributed by atoms with Crippen LogP contribution in [0.4, 0.5) is 5.69 Å². The van der Waals surface area contributed by atoms with Crippen LogP contribution in [-0.2, 0) is 14.8 Å². The number of carbonyl (C=O) groups excluding carboxylic acids is 2. The molecule has 0 radical (unpaired) electrons. The first-order valence-corrected chi connectivity index (χ1v) is 11.3. The lowest BCUT2D eigenvalue weighted by molar-refractivity contribution is -0.117. The lowest BCUT2D eigenvalue weighted by Crippen LogP contribution is -2.46. The normalized spacial score (nSPS) is 15.5. The number of benzene rings is 2. The fraction of sp³-hybridized carbons (Fsp3) is 0.333. The molecule has 0 aliphatic carbocycles. The zero-order chi connectivity index (χ0) is 21.6. The standard InChI is InChI=1S/C21H26N4O4S/c1-22-21(27)16-7-9-19(10-8-16)30(28,29)24-18-11-13-25(14-12-18)15-20(26)23-17-5-3-2-4-6-17/h2-10,18,24H,11-15H2,1H3,(H,22,27)(H,23,26). The Bertz CT molecular complexity index is 970. The second-order valence-corrected chi connectivity index (χ2v) is 8.90. The molecule has 0 bridgehead atoms. The minimum Gasteiger partial charge on any atom is -0.355 e. The van der Waals surface area contributed by atoms with Gasteiger partial charge in [0.05, 0.1) is 11.4 Å². The van der Waals surface area contributed by atoms with Gasteiger partial charge in [0.1, 0.15) is 0 Å². The number of nitrogens with zero attached hydrogens (tertiary/aromatic N) is 1. The van der Waals surface area contributed by atoms with Crippen LogP contribution in [0, 0.1) is 0 Å². The van der Waals surface area contributed by atoms with Crippen LogP contribution >= 0.6 is 0 Å². The molecule has 0 atom stereocenters. The lowest BCUT2D eigenvalue weighted by atomic mass is 10.1. The summed E-state index contributed by atoms with van der Waals surface area (Å²) in [5.74, 6) is -0.355. The minimum atomic E-state index is -3.67. The average molecular weight is 431 g/mol. The van der Waals surface area contributed by atoms with Crippen LogP contribution in [-0.4, -0.2) is 57.9 Å². The summed E-state index contributed by atoms with van der Waals surface area (Å²) in [6.07, 6.45) is 1.24. The monoisotopic (exact) mass is 430 g/mol. The first-order valence-electron chi connectivity index (χ1n) is 9.79. The van der Waals surface area contributed by atoms with E-state index in [2.05, 4.69) is 15.4 Å². The SMILES string of the molecule is CNC(=O)c1ccc(S(=O)(=O)NC2CCN(CC(=O)Nc3ccccc3)CC2)cc1. The Hall–Kier alpha value is -2.75. The molecule has 0 unspecified atom stereocenters. The molecule has 1 aliphatic rings. The number of hydrogen-bond acceptors (Lipinski definition) is 5. The van der Waals surface area contributed by atoms with Crippen molar-refractivity contribution in [2.75, 3.05) is 32.0 Å². The van der Waals surface area contributed by atoms with E-state index in [0.717, 1.165) is 5.69 Å². The van der Waals surface area contributed by atoms with E-state index in [-0.39, 0.29) is 29.3 Å². The number of rotatable bonds is 7. The number of nitrogens with one attached hydrogen (secondary N) is 3. The number of para-hydroxylation sites is 1. The number of sulfonamides is 1. The molecular weight excluding hydrogens is 404 g/mol. The van der Waals surface area contributed by atoms with Gasteiger partial charge in [-0.15, -0.1) is 0 Å². The summed E-state index contributed by atoms with van der Waals surface area (Å²) in [7, 11) is -2.15. The van der Waals surface area contributed by atoms with Crippen molar-refractivity contribution < 1.29 is 18.0 Å². The van der Waals surface area contributed by atoms with Gasteiger partial charge in [-0.3, -0.25) is 14.5 Å². The first kappa shape index (κ1) is 21.9. The van der Waals surface area contributed by atoms with E-state index in [1.54, 1.807) is 0 Å².